The van der Waals surface area contributed by atoms with E-state index in [4.69, 9.17) is 0 Å². The first-order valence-corrected chi connectivity index (χ1v) is 13.0. The molecule has 0 saturated heterocycles. The van der Waals surface area contributed by atoms with E-state index in [1.807, 2.05) is 30.3 Å². The van der Waals surface area contributed by atoms with E-state index in [0.717, 1.165) is 49.1 Å². The third kappa shape index (κ3) is 2.83. The van der Waals surface area contributed by atoms with Crippen LogP contribution in [0.1, 0.15) is 71.4 Å². The Morgan fingerprint density at radius 3 is 1.46 bits per heavy atom. The minimum Gasteiger partial charge on any atom is -0.268 e. The van der Waals surface area contributed by atoms with Crippen LogP contribution in [-0.2, 0) is 0 Å². The first-order chi connectivity index (χ1) is 17.9. The number of carbonyl (C=O) groups is 2. The van der Waals surface area contributed by atoms with E-state index in [9.17, 15) is 9.59 Å². The van der Waals surface area contributed by atoms with E-state index < -0.39 is 0 Å². The molecular weight excluding hydrogens is 454 g/mol. The number of para-hydroxylation sites is 1. The number of nitrogens with zero attached hydrogens (tertiary/aromatic N) is 1. The molecule has 1 aliphatic rings. The summed E-state index contributed by atoms with van der Waals surface area (Å²) >= 11 is 0. The van der Waals surface area contributed by atoms with E-state index in [0.29, 0.717) is 11.1 Å². The Morgan fingerprint density at radius 2 is 0.973 bits per heavy atom. The second kappa shape index (κ2) is 7.63. The summed E-state index contributed by atoms with van der Waals surface area (Å²) in [4.78, 5) is 29.9. The molecule has 1 aliphatic heterocycles. The van der Waals surface area contributed by atoms with Crippen molar-refractivity contribution in [3.63, 3.8) is 0 Å². The number of imide groups is 1. The van der Waals surface area contributed by atoms with Crippen LogP contribution in [0.15, 0.2) is 78.9 Å². The third-order valence-corrected chi connectivity index (χ3v) is 8.08. The lowest BCUT2D eigenvalue weighted by atomic mass is 9.84. The van der Waals surface area contributed by atoms with Crippen LogP contribution in [-0.4, -0.2) is 11.8 Å². The molecule has 0 aliphatic carbocycles. The highest BCUT2D eigenvalue weighted by molar-refractivity contribution is 6.42. The average Bonchev–Trinajstić information content (AvgIpc) is 2.90. The fraction of sp³-hybridized carbons (Fsp3) is 0.176. The van der Waals surface area contributed by atoms with Gasteiger partial charge in [0.2, 0.25) is 0 Å². The minimum atomic E-state index is -0.242. The fourth-order valence-electron chi connectivity index (χ4n) is 6.40. The number of fused-ring (bicyclic) bond motifs is 2. The summed E-state index contributed by atoms with van der Waals surface area (Å²) in [6, 6.07) is 26.8. The molecule has 3 heteroatoms. The van der Waals surface area contributed by atoms with Gasteiger partial charge in [-0.1, -0.05) is 94.4 Å². The van der Waals surface area contributed by atoms with Gasteiger partial charge in [-0.25, -0.2) is 4.90 Å². The van der Waals surface area contributed by atoms with Crippen molar-refractivity contribution in [1.82, 2.24) is 0 Å². The van der Waals surface area contributed by atoms with Crippen molar-refractivity contribution in [3.05, 3.63) is 101 Å². The number of hydrogen-bond donors (Lipinski definition) is 0. The van der Waals surface area contributed by atoms with E-state index in [-0.39, 0.29) is 23.7 Å². The number of carbonyl (C=O) groups excluding carboxylic acids is 2. The minimum absolute atomic E-state index is 0.169. The van der Waals surface area contributed by atoms with Gasteiger partial charge < -0.3 is 0 Å². The predicted octanol–water partition coefficient (Wildman–Crippen LogP) is 8.78. The molecule has 0 unspecified atom stereocenters. The number of rotatable bonds is 3. The van der Waals surface area contributed by atoms with Crippen LogP contribution < -0.4 is 4.90 Å². The smallest absolute Gasteiger partial charge is 0.266 e. The summed E-state index contributed by atoms with van der Waals surface area (Å²) in [6.07, 6.45) is 0. The van der Waals surface area contributed by atoms with E-state index in [1.165, 1.54) is 15.7 Å². The monoisotopic (exact) mass is 481 g/mol. The van der Waals surface area contributed by atoms with Gasteiger partial charge in [-0.15, -0.1) is 0 Å². The van der Waals surface area contributed by atoms with Gasteiger partial charge in [0, 0.05) is 16.5 Å². The zero-order chi connectivity index (χ0) is 25.6. The van der Waals surface area contributed by atoms with Crippen molar-refractivity contribution in [2.75, 3.05) is 4.90 Å². The molecule has 3 nitrogen and oxygen atoms in total. The molecule has 0 atom stereocenters. The number of amides is 2. The largest absolute Gasteiger partial charge is 0.268 e. The zero-order valence-electron chi connectivity index (χ0n) is 21.4. The molecule has 7 rings (SSSR count). The maximum atomic E-state index is 14.2. The highest BCUT2D eigenvalue weighted by atomic mass is 16.2. The van der Waals surface area contributed by atoms with Crippen LogP contribution in [0.4, 0.5) is 5.69 Å². The number of hydrogen-bond acceptors (Lipinski definition) is 2. The van der Waals surface area contributed by atoms with Gasteiger partial charge in [0.05, 0.1) is 5.69 Å². The Bertz CT molecular complexity index is 1800. The molecule has 0 bridgehead atoms. The summed E-state index contributed by atoms with van der Waals surface area (Å²) in [5.41, 5.74) is 3.96. The second-order valence-electron chi connectivity index (χ2n) is 10.8. The molecule has 0 spiro atoms. The van der Waals surface area contributed by atoms with Gasteiger partial charge >= 0.3 is 0 Å². The maximum absolute atomic E-state index is 14.2. The lowest BCUT2D eigenvalue weighted by Gasteiger charge is -2.32. The fourth-order valence-corrected chi connectivity index (χ4v) is 6.40. The zero-order valence-corrected chi connectivity index (χ0v) is 21.4. The number of anilines is 1. The first kappa shape index (κ1) is 22.0. The van der Waals surface area contributed by atoms with Crippen molar-refractivity contribution in [2.45, 2.75) is 39.5 Å². The van der Waals surface area contributed by atoms with E-state index in [2.05, 4.69) is 76.2 Å². The molecule has 0 saturated carbocycles. The van der Waals surface area contributed by atoms with Gasteiger partial charge in [0.25, 0.3) is 11.8 Å². The number of benzene rings is 6. The maximum Gasteiger partial charge on any atom is 0.266 e. The third-order valence-electron chi connectivity index (χ3n) is 8.08. The normalized spacial score (nSPS) is 13.9. The van der Waals surface area contributed by atoms with Gasteiger partial charge in [-0.3, -0.25) is 9.59 Å². The SMILES string of the molecule is CC(C)c1cccc(C(C)C)c1N1C(=O)c2ccc3c4cccc5cccc(c6ccc(c2c36)C1=O)c54. The predicted molar refractivity (Wildman–Crippen MR) is 153 cm³/mol. The van der Waals surface area contributed by atoms with Crippen molar-refractivity contribution in [2.24, 2.45) is 0 Å². The molecule has 0 aromatic heterocycles. The molecular formula is C34H27NO2. The Labute approximate surface area is 215 Å². The topological polar surface area (TPSA) is 37.4 Å². The summed E-state index contributed by atoms with van der Waals surface area (Å²) in [5, 5.41) is 8.67. The Balaban J connectivity index is 1.58. The summed E-state index contributed by atoms with van der Waals surface area (Å²) < 4.78 is 0. The first-order valence-electron chi connectivity index (χ1n) is 13.0. The molecule has 6 aromatic carbocycles. The molecule has 0 N–H and O–H groups in total. The van der Waals surface area contributed by atoms with Gasteiger partial charge in [-0.05, 0) is 72.8 Å². The Kier molecular flexibility index (Phi) is 4.54. The van der Waals surface area contributed by atoms with Gasteiger partial charge in [-0.2, -0.15) is 0 Å². The molecule has 0 radical (unpaired) electrons. The molecule has 37 heavy (non-hydrogen) atoms. The molecule has 2 amide bonds. The van der Waals surface area contributed by atoms with Crippen molar-refractivity contribution in [3.8, 4) is 0 Å². The van der Waals surface area contributed by atoms with Gasteiger partial charge in [0.1, 0.15) is 0 Å². The molecule has 6 aromatic rings. The Morgan fingerprint density at radius 1 is 0.514 bits per heavy atom. The van der Waals surface area contributed by atoms with Crippen LogP contribution in [0.5, 0.6) is 0 Å². The lowest BCUT2D eigenvalue weighted by molar-refractivity contribution is 0.0893. The van der Waals surface area contributed by atoms with Crippen LogP contribution in [0.3, 0.4) is 0 Å². The van der Waals surface area contributed by atoms with Crippen LogP contribution in [0.25, 0.3) is 43.1 Å². The molecule has 1 heterocycles. The van der Waals surface area contributed by atoms with Crippen molar-refractivity contribution in [1.29, 1.82) is 0 Å². The summed E-state index contributed by atoms with van der Waals surface area (Å²) in [6.45, 7) is 8.44. The van der Waals surface area contributed by atoms with Crippen LogP contribution >= 0.6 is 0 Å². The Hall–Kier alpha value is -4.24. The standard InChI is InChI=1S/C34H27NO2/c1-18(2)21-10-7-11-22(19(3)4)32(21)35-33(36)27-16-14-25-23-12-5-8-20-9-6-13-24(29(20)23)26-15-17-28(34(35)37)31(27)30(25)26/h5-19H,1-4H3. The van der Waals surface area contributed by atoms with Crippen molar-refractivity contribution >= 4 is 60.6 Å². The lowest BCUT2D eigenvalue weighted by Crippen LogP contribution is -2.41. The summed E-state index contributed by atoms with van der Waals surface area (Å²) in [5.74, 6) is -0.146. The van der Waals surface area contributed by atoms with Crippen LogP contribution in [0.2, 0.25) is 0 Å². The molecule has 0 fully saturated rings. The summed E-state index contributed by atoms with van der Waals surface area (Å²) in [7, 11) is 0. The molecule has 180 valence electrons. The van der Waals surface area contributed by atoms with Crippen LogP contribution in [0, 0.1) is 0 Å². The highest BCUT2D eigenvalue weighted by Gasteiger charge is 2.37. The quantitative estimate of drug-likeness (QED) is 0.144. The second-order valence-corrected chi connectivity index (χ2v) is 10.8. The highest BCUT2D eigenvalue weighted by Crippen LogP contribution is 2.45. The van der Waals surface area contributed by atoms with E-state index in [1.54, 1.807) is 0 Å². The van der Waals surface area contributed by atoms with E-state index >= 15 is 0 Å². The van der Waals surface area contributed by atoms with Crippen molar-refractivity contribution < 1.29 is 9.59 Å². The van der Waals surface area contributed by atoms with Gasteiger partial charge in [0.15, 0.2) is 0 Å². The average molecular weight is 482 g/mol.